The highest BCUT2D eigenvalue weighted by atomic mass is 16.6. The zero-order chi connectivity index (χ0) is 11.7. The molecule has 8 nitrogen and oxygen atoms in total. The molecule has 0 heterocycles. The maximum atomic E-state index is 11.1. The molecular weight excluding hydrogens is 204 g/mol. The van der Waals surface area contributed by atoms with Crippen molar-refractivity contribution in [2.75, 3.05) is 13.7 Å². The second-order valence-corrected chi connectivity index (χ2v) is 2.63. The van der Waals surface area contributed by atoms with Crippen molar-refractivity contribution >= 4 is 11.9 Å². The topological polar surface area (TPSA) is 129 Å². The van der Waals surface area contributed by atoms with E-state index in [4.69, 9.17) is 16.4 Å². The van der Waals surface area contributed by atoms with E-state index >= 15 is 0 Å². The maximum Gasteiger partial charge on any atom is 0.310 e. The maximum absolute atomic E-state index is 11.1. The van der Waals surface area contributed by atoms with Gasteiger partial charge < -0.3 is 9.47 Å². The minimum atomic E-state index is -0.886. The van der Waals surface area contributed by atoms with Crippen LogP contribution in [0.15, 0.2) is 0 Å². The highest BCUT2D eigenvalue weighted by Crippen LogP contribution is 1.97. The second-order valence-electron chi connectivity index (χ2n) is 2.63. The fraction of sp³-hybridized carbons (Fsp3) is 0.714. The van der Waals surface area contributed by atoms with Crippen LogP contribution >= 0.6 is 0 Å². The van der Waals surface area contributed by atoms with E-state index in [1.807, 2.05) is 0 Å². The summed E-state index contributed by atoms with van der Waals surface area (Å²) in [6, 6.07) is 0. The van der Waals surface area contributed by atoms with E-state index in [2.05, 4.69) is 15.6 Å². The number of rotatable bonds is 7. The van der Waals surface area contributed by atoms with Gasteiger partial charge >= 0.3 is 11.9 Å². The van der Waals surface area contributed by atoms with Gasteiger partial charge in [0.1, 0.15) is 0 Å². The van der Waals surface area contributed by atoms with Crippen molar-refractivity contribution in [3.05, 3.63) is 0 Å². The number of hydrogen-bond acceptors (Lipinski definition) is 8. The number of methoxy groups -OCH3 is 1. The Morgan fingerprint density at radius 3 is 2.47 bits per heavy atom. The van der Waals surface area contributed by atoms with E-state index in [1.54, 1.807) is 0 Å². The zero-order valence-electron chi connectivity index (χ0n) is 8.49. The quantitative estimate of drug-likeness (QED) is 0.164. The highest BCUT2D eigenvalue weighted by molar-refractivity contribution is 5.72. The fourth-order valence-corrected chi connectivity index (χ4v) is 0.761. The molecule has 0 saturated heterocycles. The van der Waals surface area contributed by atoms with Crippen molar-refractivity contribution in [1.82, 2.24) is 10.9 Å². The first-order chi connectivity index (χ1) is 7.13. The van der Waals surface area contributed by atoms with Crippen molar-refractivity contribution in [2.24, 2.45) is 11.7 Å². The lowest BCUT2D eigenvalue weighted by Gasteiger charge is -2.15. The van der Waals surface area contributed by atoms with Crippen LogP contribution in [0.1, 0.15) is 12.8 Å². The van der Waals surface area contributed by atoms with Gasteiger partial charge in [-0.25, -0.2) is 5.43 Å². The monoisotopic (exact) mass is 220 g/mol. The molecule has 88 valence electrons. The van der Waals surface area contributed by atoms with Crippen molar-refractivity contribution in [3.8, 4) is 0 Å². The Bertz CT molecular complexity index is 211. The van der Waals surface area contributed by atoms with Crippen molar-refractivity contribution in [3.63, 3.8) is 0 Å². The molecule has 0 aliphatic heterocycles. The first-order valence-electron chi connectivity index (χ1n) is 4.30. The fourth-order valence-electron chi connectivity index (χ4n) is 0.761. The van der Waals surface area contributed by atoms with Gasteiger partial charge in [-0.2, -0.15) is 0 Å². The first-order valence-corrected chi connectivity index (χ1v) is 4.30. The summed E-state index contributed by atoms with van der Waals surface area (Å²) in [5.74, 6) is 9.01. The lowest BCUT2D eigenvalue weighted by atomic mass is 10.4. The molecule has 15 heavy (non-hydrogen) atoms. The van der Waals surface area contributed by atoms with E-state index in [9.17, 15) is 9.59 Å². The molecule has 0 bridgehead atoms. The second kappa shape index (κ2) is 8.12. The Morgan fingerprint density at radius 1 is 1.33 bits per heavy atom. The molecule has 0 aromatic rings. The number of carbonyl (C=O) groups is 2. The Balaban J connectivity index is 3.87. The van der Waals surface area contributed by atoms with Crippen LogP contribution in [0.3, 0.4) is 0 Å². The van der Waals surface area contributed by atoms with Crippen LogP contribution in [0, 0.1) is 0 Å². The molecule has 0 saturated carbocycles. The predicted molar refractivity (Wildman–Crippen MR) is 50.6 cm³/mol. The van der Waals surface area contributed by atoms with Crippen LogP contribution in [-0.2, 0) is 19.1 Å². The van der Waals surface area contributed by atoms with Crippen LogP contribution in [0.2, 0.25) is 0 Å². The van der Waals surface area contributed by atoms with Crippen LogP contribution < -0.4 is 22.5 Å². The molecule has 0 aromatic heterocycles. The molecule has 0 aromatic carbocycles. The molecule has 0 amide bonds. The van der Waals surface area contributed by atoms with Crippen molar-refractivity contribution in [1.29, 1.82) is 0 Å². The highest BCUT2D eigenvalue weighted by Gasteiger charge is 2.16. The van der Waals surface area contributed by atoms with Crippen molar-refractivity contribution in [2.45, 2.75) is 19.1 Å². The lowest BCUT2D eigenvalue weighted by Crippen LogP contribution is -2.41. The average Bonchev–Trinajstić information content (AvgIpc) is 2.25. The SMILES string of the molecule is COC(=O)CC(NN)OC(=O)CCNN. The van der Waals surface area contributed by atoms with Gasteiger partial charge in [-0.1, -0.05) is 0 Å². The van der Waals surface area contributed by atoms with Gasteiger partial charge in [0.2, 0.25) is 0 Å². The van der Waals surface area contributed by atoms with E-state index in [0.717, 1.165) is 0 Å². The Labute approximate surface area is 87.2 Å². The molecule has 0 radical (unpaired) electrons. The normalized spacial score (nSPS) is 11.9. The van der Waals surface area contributed by atoms with Gasteiger partial charge in [0, 0.05) is 6.54 Å². The summed E-state index contributed by atoms with van der Waals surface area (Å²) in [6.07, 6.45) is -0.937. The molecule has 0 fully saturated rings. The third kappa shape index (κ3) is 6.80. The average molecular weight is 220 g/mol. The van der Waals surface area contributed by atoms with Gasteiger partial charge in [-0.15, -0.1) is 0 Å². The third-order valence-electron chi connectivity index (χ3n) is 1.51. The van der Waals surface area contributed by atoms with Gasteiger partial charge in [0.25, 0.3) is 0 Å². The van der Waals surface area contributed by atoms with Gasteiger partial charge in [0.15, 0.2) is 6.23 Å². The smallest absolute Gasteiger partial charge is 0.310 e. The number of carbonyl (C=O) groups excluding carboxylic acids is 2. The van der Waals surface area contributed by atoms with Gasteiger partial charge in [0.05, 0.1) is 20.0 Å². The van der Waals surface area contributed by atoms with E-state index in [-0.39, 0.29) is 19.4 Å². The van der Waals surface area contributed by atoms with E-state index in [0.29, 0.717) is 0 Å². The summed E-state index contributed by atoms with van der Waals surface area (Å²) in [5.41, 5.74) is 4.48. The van der Waals surface area contributed by atoms with Crippen LogP contribution in [0.5, 0.6) is 0 Å². The molecule has 0 rings (SSSR count). The standard InChI is InChI=1S/C7H16N4O4/c1-14-7(13)4-5(11-9)15-6(12)2-3-10-8/h5,10-11H,2-4,8-9H2,1H3. The number of esters is 2. The number of nitrogens with two attached hydrogens (primary N) is 2. The summed E-state index contributed by atoms with van der Waals surface area (Å²) in [6.45, 7) is 0.286. The Morgan fingerprint density at radius 2 is 2.00 bits per heavy atom. The van der Waals surface area contributed by atoms with Gasteiger partial charge in [-0.05, 0) is 0 Å². The van der Waals surface area contributed by atoms with Crippen LogP contribution in [-0.4, -0.2) is 31.8 Å². The zero-order valence-corrected chi connectivity index (χ0v) is 8.49. The number of hydrogen-bond donors (Lipinski definition) is 4. The Kier molecular flexibility index (Phi) is 7.46. The summed E-state index contributed by atoms with van der Waals surface area (Å²) >= 11 is 0. The first kappa shape index (κ1) is 13.8. The molecule has 0 aliphatic carbocycles. The number of hydrazine groups is 2. The predicted octanol–water partition coefficient (Wildman–Crippen LogP) is -2.26. The molecule has 0 spiro atoms. The third-order valence-corrected chi connectivity index (χ3v) is 1.51. The minimum Gasteiger partial charge on any atom is -0.469 e. The van der Waals surface area contributed by atoms with Crippen LogP contribution in [0.25, 0.3) is 0 Å². The molecule has 6 N–H and O–H groups in total. The lowest BCUT2D eigenvalue weighted by molar-refractivity contribution is -0.155. The molecule has 1 atom stereocenters. The van der Waals surface area contributed by atoms with E-state index in [1.165, 1.54) is 7.11 Å². The Hall–Kier alpha value is -1.22. The van der Waals surface area contributed by atoms with Gasteiger partial charge in [-0.3, -0.25) is 26.7 Å². The molecular formula is C7H16N4O4. The summed E-state index contributed by atoms with van der Waals surface area (Å²) < 4.78 is 9.19. The van der Waals surface area contributed by atoms with E-state index < -0.39 is 18.2 Å². The minimum absolute atomic E-state index is 0.0931. The summed E-state index contributed by atoms with van der Waals surface area (Å²) in [7, 11) is 1.23. The molecule has 1 unspecified atom stereocenters. The number of nitrogens with one attached hydrogen (secondary N) is 2. The summed E-state index contributed by atoms with van der Waals surface area (Å²) in [5, 5.41) is 0. The summed E-state index contributed by atoms with van der Waals surface area (Å²) in [4.78, 5) is 21.9. The largest absolute Gasteiger partial charge is 0.469 e. The molecule has 8 heteroatoms. The van der Waals surface area contributed by atoms with Crippen molar-refractivity contribution < 1.29 is 19.1 Å². The number of ether oxygens (including phenoxy) is 2. The van der Waals surface area contributed by atoms with Crippen LogP contribution in [0.4, 0.5) is 0 Å². The molecule has 0 aliphatic rings.